The summed E-state index contributed by atoms with van der Waals surface area (Å²) in [6.45, 7) is 6.24. The molecule has 1 atom stereocenters. The normalized spacial score (nSPS) is 12.0. The van der Waals surface area contributed by atoms with Crippen molar-refractivity contribution in [3.63, 3.8) is 0 Å². The summed E-state index contributed by atoms with van der Waals surface area (Å²) in [4.78, 5) is 14.9. The molecule has 0 radical (unpaired) electrons. The van der Waals surface area contributed by atoms with E-state index in [1.807, 2.05) is 56.3 Å². The quantitative estimate of drug-likeness (QED) is 0.439. The minimum absolute atomic E-state index is 0.114. The van der Waals surface area contributed by atoms with Crippen molar-refractivity contribution in [2.24, 2.45) is 0 Å². The summed E-state index contributed by atoms with van der Waals surface area (Å²) < 4.78 is 2.08. The number of nitrogen functional groups attached to an aromatic ring is 1. The Labute approximate surface area is 192 Å². The standard InChI is InChI=1S/C23H26N8S/c1-14-11-12-18(13-15(14)2)31-20(17-9-7-6-8-10-17)28-29-23(31)32-16(3)19-25-21(24)27-22(26-19)30(4)5/h6-13,16H,1-5H3,(H2,24,25,26,27). The van der Waals surface area contributed by atoms with E-state index in [0.29, 0.717) is 11.8 Å². The van der Waals surface area contributed by atoms with Crippen LogP contribution in [-0.4, -0.2) is 43.8 Å². The van der Waals surface area contributed by atoms with Crippen LogP contribution in [0.2, 0.25) is 0 Å². The van der Waals surface area contributed by atoms with Gasteiger partial charge < -0.3 is 10.6 Å². The van der Waals surface area contributed by atoms with Gasteiger partial charge in [-0.05, 0) is 44.0 Å². The maximum absolute atomic E-state index is 5.93. The van der Waals surface area contributed by atoms with Crippen molar-refractivity contribution in [2.75, 3.05) is 24.7 Å². The van der Waals surface area contributed by atoms with Crippen LogP contribution in [0.15, 0.2) is 53.7 Å². The van der Waals surface area contributed by atoms with Gasteiger partial charge in [0.15, 0.2) is 11.0 Å². The van der Waals surface area contributed by atoms with Crippen molar-refractivity contribution in [2.45, 2.75) is 31.2 Å². The molecule has 0 bridgehead atoms. The fraction of sp³-hybridized carbons (Fsp3) is 0.261. The largest absolute Gasteiger partial charge is 0.368 e. The number of rotatable bonds is 6. The maximum atomic E-state index is 5.93. The first-order valence-electron chi connectivity index (χ1n) is 10.3. The monoisotopic (exact) mass is 446 g/mol. The first-order valence-corrected chi connectivity index (χ1v) is 11.2. The molecular formula is C23H26N8S. The van der Waals surface area contributed by atoms with Crippen LogP contribution in [0.5, 0.6) is 0 Å². The van der Waals surface area contributed by atoms with Crippen molar-refractivity contribution in [3.8, 4) is 17.1 Å². The average Bonchev–Trinajstić information content (AvgIpc) is 3.19. The van der Waals surface area contributed by atoms with Crippen LogP contribution in [-0.2, 0) is 0 Å². The van der Waals surface area contributed by atoms with Crippen molar-refractivity contribution in [1.29, 1.82) is 0 Å². The van der Waals surface area contributed by atoms with E-state index in [9.17, 15) is 0 Å². The van der Waals surface area contributed by atoms with Gasteiger partial charge in [0, 0.05) is 19.7 Å². The van der Waals surface area contributed by atoms with Gasteiger partial charge in [-0.3, -0.25) is 4.57 Å². The molecular weight excluding hydrogens is 420 g/mol. The molecule has 2 aromatic carbocycles. The van der Waals surface area contributed by atoms with Crippen LogP contribution in [0.4, 0.5) is 11.9 Å². The van der Waals surface area contributed by atoms with Crippen LogP contribution in [0.25, 0.3) is 17.1 Å². The number of hydrogen-bond acceptors (Lipinski definition) is 8. The molecule has 0 aliphatic carbocycles. The van der Waals surface area contributed by atoms with E-state index in [4.69, 9.17) is 5.73 Å². The fourth-order valence-electron chi connectivity index (χ4n) is 3.21. The van der Waals surface area contributed by atoms with Gasteiger partial charge >= 0.3 is 0 Å². The average molecular weight is 447 g/mol. The highest BCUT2D eigenvalue weighted by atomic mass is 32.2. The van der Waals surface area contributed by atoms with Crippen LogP contribution < -0.4 is 10.6 Å². The second-order valence-electron chi connectivity index (χ2n) is 7.78. The van der Waals surface area contributed by atoms with E-state index >= 15 is 0 Å². The van der Waals surface area contributed by atoms with Crippen LogP contribution in [0, 0.1) is 13.8 Å². The van der Waals surface area contributed by atoms with Gasteiger partial charge in [0.2, 0.25) is 11.9 Å². The molecule has 0 saturated heterocycles. The summed E-state index contributed by atoms with van der Waals surface area (Å²) in [5.74, 6) is 2.11. The van der Waals surface area contributed by atoms with Gasteiger partial charge in [-0.2, -0.15) is 15.0 Å². The Balaban J connectivity index is 1.78. The van der Waals surface area contributed by atoms with Crippen molar-refractivity contribution < 1.29 is 0 Å². The minimum Gasteiger partial charge on any atom is -0.368 e. The lowest BCUT2D eigenvalue weighted by Gasteiger charge is -2.16. The SMILES string of the molecule is Cc1ccc(-n2c(SC(C)c3nc(N)nc(N(C)C)n3)nnc2-c2ccccc2)cc1C. The number of nitrogens with two attached hydrogens (primary N) is 1. The maximum Gasteiger partial charge on any atom is 0.229 e. The van der Waals surface area contributed by atoms with Gasteiger partial charge in [-0.25, -0.2) is 0 Å². The van der Waals surface area contributed by atoms with Crippen LogP contribution in [0.1, 0.15) is 29.1 Å². The summed E-state index contributed by atoms with van der Waals surface area (Å²) in [7, 11) is 3.75. The zero-order valence-corrected chi connectivity index (χ0v) is 19.6. The smallest absolute Gasteiger partial charge is 0.229 e. The molecule has 4 rings (SSSR count). The molecule has 0 saturated carbocycles. The van der Waals surface area contributed by atoms with Crippen molar-refractivity contribution in [3.05, 3.63) is 65.5 Å². The van der Waals surface area contributed by atoms with Gasteiger partial charge in [0.1, 0.15) is 5.82 Å². The number of aryl methyl sites for hydroxylation is 2. The van der Waals surface area contributed by atoms with Crippen LogP contribution in [0.3, 0.4) is 0 Å². The Morgan fingerprint density at radius 1 is 0.938 bits per heavy atom. The molecule has 2 N–H and O–H groups in total. The van der Waals surface area contributed by atoms with Gasteiger partial charge in [-0.1, -0.05) is 48.2 Å². The molecule has 2 aromatic heterocycles. The number of aromatic nitrogens is 6. The molecule has 0 amide bonds. The number of hydrogen-bond donors (Lipinski definition) is 1. The van der Waals surface area contributed by atoms with Crippen molar-refractivity contribution in [1.82, 2.24) is 29.7 Å². The third-order valence-corrected chi connectivity index (χ3v) is 6.16. The summed E-state index contributed by atoms with van der Waals surface area (Å²) >= 11 is 1.54. The predicted octanol–water partition coefficient (Wildman–Crippen LogP) is 4.24. The second-order valence-corrected chi connectivity index (χ2v) is 9.09. The third-order valence-electron chi connectivity index (χ3n) is 5.12. The Kier molecular flexibility index (Phi) is 6.09. The predicted molar refractivity (Wildman–Crippen MR) is 129 cm³/mol. The number of thioether (sulfide) groups is 1. The Morgan fingerprint density at radius 2 is 1.69 bits per heavy atom. The highest BCUT2D eigenvalue weighted by molar-refractivity contribution is 7.99. The molecule has 0 aliphatic rings. The van der Waals surface area contributed by atoms with E-state index in [0.717, 1.165) is 22.2 Å². The lowest BCUT2D eigenvalue weighted by atomic mass is 10.1. The van der Waals surface area contributed by atoms with Crippen molar-refractivity contribution >= 4 is 23.7 Å². The minimum atomic E-state index is -0.114. The number of anilines is 2. The summed E-state index contributed by atoms with van der Waals surface area (Å²) in [5.41, 5.74) is 10.4. The molecule has 1 unspecified atom stereocenters. The molecule has 8 nitrogen and oxygen atoms in total. The topological polar surface area (TPSA) is 98.6 Å². The zero-order valence-electron chi connectivity index (χ0n) is 18.8. The molecule has 32 heavy (non-hydrogen) atoms. The Morgan fingerprint density at radius 3 is 2.38 bits per heavy atom. The molecule has 0 fully saturated rings. The highest BCUT2D eigenvalue weighted by Gasteiger charge is 2.21. The summed E-state index contributed by atoms with van der Waals surface area (Å²) in [5, 5.41) is 9.70. The first-order chi connectivity index (χ1) is 15.3. The summed E-state index contributed by atoms with van der Waals surface area (Å²) in [6.07, 6.45) is 0. The van der Waals surface area contributed by atoms with E-state index in [2.05, 4.69) is 61.8 Å². The highest BCUT2D eigenvalue weighted by Crippen LogP contribution is 2.36. The Bertz CT molecular complexity index is 1240. The molecule has 164 valence electrons. The lowest BCUT2D eigenvalue weighted by molar-refractivity contribution is 0.843. The molecule has 9 heteroatoms. The van der Waals surface area contributed by atoms with E-state index in [1.54, 1.807) is 0 Å². The summed E-state index contributed by atoms with van der Waals surface area (Å²) in [6, 6.07) is 16.4. The van der Waals surface area contributed by atoms with E-state index < -0.39 is 0 Å². The molecule has 0 spiro atoms. The van der Waals surface area contributed by atoms with Crippen LogP contribution >= 0.6 is 11.8 Å². The molecule has 4 aromatic rings. The molecule has 2 heterocycles. The lowest BCUT2D eigenvalue weighted by Crippen LogP contribution is -2.16. The zero-order chi connectivity index (χ0) is 22.8. The third kappa shape index (κ3) is 4.43. The number of nitrogens with zero attached hydrogens (tertiary/aromatic N) is 7. The van der Waals surface area contributed by atoms with Gasteiger partial charge in [0.25, 0.3) is 0 Å². The second kappa shape index (κ2) is 8.96. The molecule has 0 aliphatic heterocycles. The van der Waals surface area contributed by atoms with Gasteiger partial charge in [0.05, 0.1) is 10.9 Å². The fourth-order valence-corrected chi connectivity index (χ4v) is 4.12. The first kappa shape index (κ1) is 21.8. The van der Waals surface area contributed by atoms with Gasteiger partial charge in [-0.15, -0.1) is 10.2 Å². The number of benzene rings is 2. The van der Waals surface area contributed by atoms with E-state index in [-0.39, 0.29) is 11.2 Å². The Hall–Kier alpha value is -3.46. The van der Waals surface area contributed by atoms with E-state index in [1.165, 1.54) is 22.9 Å².